The van der Waals surface area contributed by atoms with Crippen molar-refractivity contribution >= 4 is 23.3 Å². The molecular formula is C22H28N6O. The number of nitrogens with zero attached hydrogens (tertiary/aromatic N) is 4. The average molecular weight is 393 g/mol. The zero-order chi connectivity index (χ0) is 20.4. The second-order valence-electron chi connectivity index (χ2n) is 8.87. The Morgan fingerprint density at radius 1 is 1.10 bits per heavy atom. The summed E-state index contributed by atoms with van der Waals surface area (Å²) >= 11 is 0. The zero-order valence-electron chi connectivity index (χ0n) is 17.2. The van der Waals surface area contributed by atoms with E-state index in [0.717, 1.165) is 24.6 Å². The topological polar surface area (TPSA) is 84.2 Å². The smallest absolute Gasteiger partial charge is 0.259 e. The zero-order valence-corrected chi connectivity index (χ0v) is 17.2. The number of pyridine rings is 2. The molecule has 4 rings (SSSR count). The van der Waals surface area contributed by atoms with Gasteiger partial charge in [-0.1, -0.05) is 26.8 Å². The first-order valence-electron chi connectivity index (χ1n) is 10.2. The van der Waals surface area contributed by atoms with Crippen LogP contribution in [0.5, 0.6) is 0 Å². The summed E-state index contributed by atoms with van der Waals surface area (Å²) in [6.45, 7) is 7.01. The second-order valence-corrected chi connectivity index (χ2v) is 8.87. The van der Waals surface area contributed by atoms with Gasteiger partial charge in [-0.3, -0.25) is 15.1 Å². The maximum Gasteiger partial charge on any atom is 0.259 e. The molecule has 7 heteroatoms. The Morgan fingerprint density at radius 3 is 2.59 bits per heavy atom. The number of nitrogens with one attached hydrogen (secondary N) is 2. The van der Waals surface area contributed by atoms with E-state index in [1.165, 1.54) is 19.0 Å². The molecule has 0 unspecified atom stereocenters. The molecule has 7 nitrogen and oxygen atoms in total. The third-order valence-corrected chi connectivity index (χ3v) is 5.81. The summed E-state index contributed by atoms with van der Waals surface area (Å²) in [5.41, 5.74) is 1.54. The largest absolute Gasteiger partial charge is 0.367 e. The summed E-state index contributed by atoms with van der Waals surface area (Å²) in [7, 11) is 0. The van der Waals surface area contributed by atoms with Crippen molar-refractivity contribution in [3.63, 3.8) is 0 Å². The predicted octanol–water partition coefficient (Wildman–Crippen LogP) is 4.39. The molecule has 29 heavy (non-hydrogen) atoms. The molecule has 1 aliphatic rings. The van der Waals surface area contributed by atoms with Crippen LogP contribution in [0, 0.1) is 11.3 Å². The van der Waals surface area contributed by atoms with Crippen LogP contribution in [0.2, 0.25) is 0 Å². The Kier molecular flexibility index (Phi) is 5.22. The van der Waals surface area contributed by atoms with Crippen LogP contribution in [-0.4, -0.2) is 31.5 Å². The summed E-state index contributed by atoms with van der Waals surface area (Å²) in [6, 6.07) is 9.71. The number of carbonyl (C=O) groups is 1. The van der Waals surface area contributed by atoms with Gasteiger partial charge in [0.25, 0.3) is 5.91 Å². The molecule has 1 aliphatic carbocycles. The number of hydrogen-bond donors (Lipinski definition) is 2. The Hall–Kier alpha value is -2.96. The van der Waals surface area contributed by atoms with E-state index in [1.807, 2.05) is 18.2 Å². The van der Waals surface area contributed by atoms with Crippen LogP contribution in [0.1, 0.15) is 56.8 Å². The van der Waals surface area contributed by atoms with Crippen LogP contribution in [-0.2, 0) is 0 Å². The van der Waals surface area contributed by atoms with E-state index in [4.69, 9.17) is 0 Å². The molecule has 3 aromatic rings. The molecule has 0 spiro atoms. The van der Waals surface area contributed by atoms with Gasteiger partial charge in [-0.2, -0.15) is 9.50 Å². The van der Waals surface area contributed by atoms with Crippen molar-refractivity contribution in [1.82, 2.24) is 19.6 Å². The summed E-state index contributed by atoms with van der Waals surface area (Å²) in [5, 5.41) is 10.9. The Balaban J connectivity index is 1.46. The van der Waals surface area contributed by atoms with Gasteiger partial charge in [-0.25, -0.2) is 0 Å². The van der Waals surface area contributed by atoms with E-state index < -0.39 is 0 Å². The first-order chi connectivity index (χ1) is 13.9. The summed E-state index contributed by atoms with van der Waals surface area (Å²) in [5.74, 6) is 1.68. The molecule has 1 fully saturated rings. The van der Waals surface area contributed by atoms with E-state index in [9.17, 15) is 4.79 Å². The standard InChI is InChI=1S/C22H28N6O/c1-22(2,3)16-9-11-17(12-10-16)24-18-7-4-8-19-25-21(27-28(18)19)26-20(29)15-6-5-13-23-14-15/h4-8,13-14,16-17,24H,9-12H2,1-3H3,(H,26,27,29). The molecule has 0 bridgehead atoms. The van der Waals surface area contributed by atoms with Crippen molar-refractivity contribution in [2.75, 3.05) is 10.6 Å². The highest BCUT2D eigenvalue weighted by atomic mass is 16.1. The van der Waals surface area contributed by atoms with Gasteiger partial charge < -0.3 is 5.32 Å². The van der Waals surface area contributed by atoms with Crippen LogP contribution in [0.25, 0.3) is 5.65 Å². The van der Waals surface area contributed by atoms with Crippen molar-refractivity contribution in [1.29, 1.82) is 0 Å². The number of anilines is 2. The van der Waals surface area contributed by atoms with Crippen LogP contribution in [0.4, 0.5) is 11.8 Å². The normalized spacial score (nSPS) is 19.8. The molecular weight excluding hydrogens is 364 g/mol. The van der Waals surface area contributed by atoms with Crippen LogP contribution in [0.15, 0.2) is 42.7 Å². The van der Waals surface area contributed by atoms with Crippen molar-refractivity contribution in [3.8, 4) is 0 Å². The highest BCUT2D eigenvalue weighted by Gasteiger charge is 2.29. The fraction of sp³-hybridized carbons (Fsp3) is 0.455. The Labute approximate surface area is 171 Å². The van der Waals surface area contributed by atoms with Gasteiger partial charge in [-0.15, -0.1) is 5.10 Å². The third-order valence-electron chi connectivity index (χ3n) is 5.81. The van der Waals surface area contributed by atoms with Crippen LogP contribution in [0.3, 0.4) is 0 Å². The van der Waals surface area contributed by atoms with E-state index in [0.29, 0.717) is 22.7 Å². The summed E-state index contributed by atoms with van der Waals surface area (Å²) in [4.78, 5) is 20.8. The first kappa shape index (κ1) is 19.4. The van der Waals surface area contributed by atoms with E-state index in [2.05, 4.69) is 46.5 Å². The van der Waals surface area contributed by atoms with Gasteiger partial charge in [0.2, 0.25) is 5.95 Å². The minimum atomic E-state index is -0.274. The van der Waals surface area contributed by atoms with Gasteiger partial charge in [0.1, 0.15) is 5.82 Å². The highest BCUT2D eigenvalue weighted by molar-refractivity contribution is 6.03. The van der Waals surface area contributed by atoms with Crippen molar-refractivity contribution < 1.29 is 4.79 Å². The van der Waals surface area contributed by atoms with Crippen LogP contribution >= 0.6 is 0 Å². The molecule has 0 aliphatic heterocycles. The fourth-order valence-corrected chi connectivity index (χ4v) is 4.05. The molecule has 3 heterocycles. The third kappa shape index (κ3) is 4.39. The van der Waals surface area contributed by atoms with E-state index in [1.54, 1.807) is 22.8 Å². The summed E-state index contributed by atoms with van der Waals surface area (Å²) < 4.78 is 1.76. The fourth-order valence-electron chi connectivity index (χ4n) is 4.05. The number of hydrogen-bond acceptors (Lipinski definition) is 5. The van der Waals surface area contributed by atoms with Crippen molar-refractivity contribution in [2.45, 2.75) is 52.5 Å². The molecule has 0 aromatic carbocycles. The lowest BCUT2D eigenvalue weighted by Gasteiger charge is -2.37. The first-order valence-corrected chi connectivity index (χ1v) is 10.2. The lowest BCUT2D eigenvalue weighted by atomic mass is 9.71. The minimum absolute atomic E-state index is 0.274. The second kappa shape index (κ2) is 7.81. The summed E-state index contributed by atoms with van der Waals surface area (Å²) in [6.07, 6.45) is 7.93. The Bertz CT molecular complexity index is 983. The molecule has 0 atom stereocenters. The number of amides is 1. The predicted molar refractivity (Wildman–Crippen MR) is 114 cm³/mol. The number of carbonyl (C=O) groups excluding carboxylic acids is 1. The highest BCUT2D eigenvalue weighted by Crippen LogP contribution is 2.38. The van der Waals surface area contributed by atoms with Gasteiger partial charge in [0, 0.05) is 18.4 Å². The molecule has 3 aromatic heterocycles. The maximum atomic E-state index is 12.3. The quantitative estimate of drug-likeness (QED) is 0.688. The molecule has 0 saturated heterocycles. The number of rotatable bonds is 4. The molecule has 0 radical (unpaired) electrons. The number of aromatic nitrogens is 4. The van der Waals surface area contributed by atoms with E-state index >= 15 is 0 Å². The lowest BCUT2D eigenvalue weighted by molar-refractivity contribution is 0.102. The molecule has 152 valence electrons. The van der Waals surface area contributed by atoms with Gasteiger partial charge in [-0.05, 0) is 61.3 Å². The lowest BCUT2D eigenvalue weighted by Crippen LogP contribution is -2.32. The van der Waals surface area contributed by atoms with E-state index in [-0.39, 0.29) is 11.9 Å². The van der Waals surface area contributed by atoms with Crippen molar-refractivity contribution in [3.05, 3.63) is 48.3 Å². The SMILES string of the molecule is CC(C)(C)C1CCC(Nc2cccc3nc(NC(=O)c4cccnc4)nn23)CC1. The van der Waals surface area contributed by atoms with Crippen molar-refractivity contribution in [2.24, 2.45) is 11.3 Å². The molecule has 1 amide bonds. The maximum absolute atomic E-state index is 12.3. The average Bonchev–Trinajstić information content (AvgIpc) is 3.12. The molecule has 1 saturated carbocycles. The minimum Gasteiger partial charge on any atom is -0.367 e. The molecule has 2 N–H and O–H groups in total. The monoisotopic (exact) mass is 392 g/mol. The number of fused-ring (bicyclic) bond motifs is 1. The van der Waals surface area contributed by atoms with Gasteiger partial charge in [0.15, 0.2) is 5.65 Å². The van der Waals surface area contributed by atoms with Crippen LogP contribution < -0.4 is 10.6 Å². The Morgan fingerprint density at radius 2 is 1.90 bits per heavy atom. The van der Waals surface area contributed by atoms with Gasteiger partial charge in [0.05, 0.1) is 5.56 Å². The van der Waals surface area contributed by atoms with Gasteiger partial charge >= 0.3 is 0 Å².